The minimum absolute atomic E-state index is 0.0165. The summed E-state index contributed by atoms with van der Waals surface area (Å²) in [6, 6.07) is -0.567. The van der Waals surface area contributed by atoms with Gasteiger partial charge in [0.1, 0.15) is 6.04 Å². The molecule has 0 heterocycles. The van der Waals surface area contributed by atoms with Crippen molar-refractivity contribution in [3.05, 3.63) is 0 Å². The van der Waals surface area contributed by atoms with Crippen LogP contribution in [0.25, 0.3) is 0 Å². The van der Waals surface area contributed by atoms with Gasteiger partial charge in [0.2, 0.25) is 0 Å². The molecule has 0 aromatic heterocycles. The van der Waals surface area contributed by atoms with Gasteiger partial charge in [0, 0.05) is 26.8 Å². The van der Waals surface area contributed by atoms with Crippen LogP contribution in [0.2, 0.25) is 0 Å². The Labute approximate surface area is 103 Å². The third kappa shape index (κ3) is 5.97. The Morgan fingerprint density at radius 2 is 2.06 bits per heavy atom. The average molecular weight is 248 g/mol. The first-order valence-corrected chi connectivity index (χ1v) is 5.74. The molecular formula is C11H24N2O4. The number of hydrogen-bond donors (Lipinski definition) is 2. The van der Waals surface area contributed by atoms with Crippen LogP contribution in [0.15, 0.2) is 0 Å². The molecule has 0 aliphatic carbocycles. The molecule has 2 unspecified atom stereocenters. The number of nitrogens with two attached hydrogens (primary N) is 1. The number of ether oxygens (including phenoxy) is 2. The van der Waals surface area contributed by atoms with Crippen LogP contribution in [0.4, 0.5) is 0 Å². The Kier molecular flexibility index (Phi) is 8.97. The molecule has 0 aromatic rings. The fraction of sp³-hybridized carbons (Fsp3) is 0.909. The molecule has 0 fully saturated rings. The average Bonchev–Trinajstić information content (AvgIpc) is 2.28. The largest absolute Gasteiger partial charge is 0.480 e. The zero-order valence-electron chi connectivity index (χ0n) is 10.9. The number of carboxylic acids is 1. The Bertz CT molecular complexity index is 214. The summed E-state index contributed by atoms with van der Waals surface area (Å²) in [6.45, 7) is 3.81. The summed E-state index contributed by atoms with van der Waals surface area (Å²) in [4.78, 5) is 13.1. The van der Waals surface area contributed by atoms with Crippen molar-refractivity contribution in [2.45, 2.75) is 25.4 Å². The van der Waals surface area contributed by atoms with Gasteiger partial charge in [-0.2, -0.15) is 0 Å². The fourth-order valence-electron chi connectivity index (χ4n) is 1.81. The number of carbonyl (C=O) groups is 1. The van der Waals surface area contributed by atoms with Gasteiger partial charge >= 0.3 is 5.97 Å². The lowest BCUT2D eigenvalue weighted by Gasteiger charge is -2.33. The Morgan fingerprint density at radius 1 is 1.41 bits per heavy atom. The van der Waals surface area contributed by atoms with E-state index < -0.39 is 12.0 Å². The highest BCUT2D eigenvalue weighted by Crippen LogP contribution is 2.10. The lowest BCUT2D eigenvalue weighted by atomic mass is 10.1. The van der Waals surface area contributed by atoms with Crippen molar-refractivity contribution in [1.29, 1.82) is 0 Å². The summed E-state index contributed by atoms with van der Waals surface area (Å²) in [5.41, 5.74) is 5.46. The van der Waals surface area contributed by atoms with Crippen molar-refractivity contribution in [1.82, 2.24) is 4.90 Å². The molecular weight excluding hydrogens is 224 g/mol. The fourth-order valence-corrected chi connectivity index (χ4v) is 1.81. The molecule has 0 amide bonds. The first-order valence-electron chi connectivity index (χ1n) is 5.74. The molecule has 0 saturated heterocycles. The van der Waals surface area contributed by atoms with Gasteiger partial charge in [-0.3, -0.25) is 9.69 Å². The SMILES string of the molecule is COCCN(C(C)COC)C(CCN)C(=O)O. The number of rotatable bonds is 10. The summed E-state index contributed by atoms with van der Waals surface area (Å²) < 4.78 is 10.1. The quantitative estimate of drug-likeness (QED) is 0.555. The molecule has 17 heavy (non-hydrogen) atoms. The van der Waals surface area contributed by atoms with Crippen molar-refractivity contribution in [3.63, 3.8) is 0 Å². The van der Waals surface area contributed by atoms with Gasteiger partial charge < -0.3 is 20.3 Å². The van der Waals surface area contributed by atoms with E-state index in [1.165, 1.54) is 0 Å². The van der Waals surface area contributed by atoms with Gasteiger partial charge in [0.15, 0.2) is 0 Å². The minimum atomic E-state index is -0.852. The second-order valence-corrected chi connectivity index (χ2v) is 3.97. The van der Waals surface area contributed by atoms with Crippen molar-refractivity contribution in [3.8, 4) is 0 Å². The van der Waals surface area contributed by atoms with E-state index in [1.807, 2.05) is 11.8 Å². The molecule has 0 saturated carbocycles. The van der Waals surface area contributed by atoms with Gasteiger partial charge in [-0.05, 0) is 19.9 Å². The van der Waals surface area contributed by atoms with Crippen LogP contribution < -0.4 is 5.73 Å². The summed E-state index contributed by atoms with van der Waals surface area (Å²) in [7, 11) is 3.20. The summed E-state index contributed by atoms with van der Waals surface area (Å²) in [6.07, 6.45) is 0.424. The van der Waals surface area contributed by atoms with Crippen molar-refractivity contribution < 1.29 is 19.4 Å². The second-order valence-electron chi connectivity index (χ2n) is 3.97. The lowest BCUT2D eigenvalue weighted by molar-refractivity contribution is -0.145. The topological polar surface area (TPSA) is 85.0 Å². The van der Waals surface area contributed by atoms with Gasteiger partial charge in [-0.25, -0.2) is 0 Å². The molecule has 6 heteroatoms. The van der Waals surface area contributed by atoms with E-state index in [1.54, 1.807) is 14.2 Å². The molecule has 2 atom stereocenters. The monoisotopic (exact) mass is 248 g/mol. The molecule has 0 aromatic carbocycles. The lowest BCUT2D eigenvalue weighted by Crippen LogP contribution is -2.50. The normalized spacial score (nSPS) is 14.9. The maximum absolute atomic E-state index is 11.2. The highest BCUT2D eigenvalue weighted by Gasteiger charge is 2.28. The smallest absolute Gasteiger partial charge is 0.320 e. The first-order chi connectivity index (χ1) is 8.08. The van der Waals surface area contributed by atoms with Crippen molar-refractivity contribution in [2.75, 3.05) is 40.5 Å². The van der Waals surface area contributed by atoms with E-state index >= 15 is 0 Å². The van der Waals surface area contributed by atoms with Gasteiger partial charge in [0.05, 0.1) is 13.2 Å². The molecule has 102 valence electrons. The Morgan fingerprint density at radius 3 is 2.47 bits per heavy atom. The predicted molar refractivity (Wildman–Crippen MR) is 65.0 cm³/mol. The summed E-state index contributed by atoms with van der Waals surface area (Å²) >= 11 is 0. The zero-order chi connectivity index (χ0) is 13.3. The van der Waals surface area contributed by atoms with Crippen LogP contribution in [0.5, 0.6) is 0 Å². The predicted octanol–water partition coefficient (Wildman–Crippen LogP) is -0.228. The van der Waals surface area contributed by atoms with Crippen LogP contribution in [0, 0.1) is 0 Å². The highest BCUT2D eigenvalue weighted by molar-refractivity contribution is 5.73. The molecule has 0 rings (SSSR count). The molecule has 6 nitrogen and oxygen atoms in total. The van der Waals surface area contributed by atoms with E-state index in [0.29, 0.717) is 32.7 Å². The number of hydrogen-bond acceptors (Lipinski definition) is 5. The van der Waals surface area contributed by atoms with Gasteiger partial charge in [-0.1, -0.05) is 0 Å². The van der Waals surface area contributed by atoms with Crippen molar-refractivity contribution >= 4 is 5.97 Å². The molecule has 3 N–H and O–H groups in total. The van der Waals surface area contributed by atoms with Crippen LogP contribution in [-0.2, 0) is 14.3 Å². The third-order valence-corrected chi connectivity index (χ3v) is 2.65. The third-order valence-electron chi connectivity index (χ3n) is 2.65. The van der Waals surface area contributed by atoms with Gasteiger partial charge in [0.25, 0.3) is 0 Å². The van der Waals surface area contributed by atoms with Crippen LogP contribution in [0.3, 0.4) is 0 Å². The number of methoxy groups -OCH3 is 2. The van der Waals surface area contributed by atoms with Crippen molar-refractivity contribution in [2.24, 2.45) is 5.73 Å². The van der Waals surface area contributed by atoms with E-state index in [4.69, 9.17) is 15.2 Å². The van der Waals surface area contributed by atoms with E-state index in [0.717, 1.165) is 0 Å². The van der Waals surface area contributed by atoms with E-state index in [9.17, 15) is 9.90 Å². The molecule has 0 aliphatic rings. The van der Waals surface area contributed by atoms with Crippen LogP contribution in [-0.4, -0.2) is 68.6 Å². The van der Waals surface area contributed by atoms with E-state index in [2.05, 4.69) is 0 Å². The molecule has 0 spiro atoms. The molecule has 0 bridgehead atoms. The molecule has 0 aliphatic heterocycles. The zero-order valence-corrected chi connectivity index (χ0v) is 10.9. The second kappa shape index (κ2) is 9.35. The summed E-state index contributed by atoms with van der Waals surface area (Å²) in [5.74, 6) is -0.852. The minimum Gasteiger partial charge on any atom is -0.480 e. The maximum Gasteiger partial charge on any atom is 0.320 e. The highest BCUT2D eigenvalue weighted by atomic mass is 16.5. The van der Waals surface area contributed by atoms with Crippen LogP contribution in [0.1, 0.15) is 13.3 Å². The maximum atomic E-state index is 11.2. The Balaban J connectivity index is 4.64. The Hall–Kier alpha value is -0.690. The number of nitrogens with zero attached hydrogens (tertiary/aromatic N) is 1. The standard InChI is InChI=1S/C11H24N2O4/c1-9(8-17-3)13(6-7-16-2)10(4-5-12)11(14)15/h9-10H,4-8,12H2,1-3H3,(H,14,15). The van der Waals surface area contributed by atoms with Gasteiger partial charge in [-0.15, -0.1) is 0 Å². The summed E-state index contributed by atoms with van der Waals surface area (Å²) in [5, 5.41) is 9.21. The first kappa shape index (κ1) is 16.3. The number of aliphatic carboxylic acids is 1. The number of carboxylic acid groups (broad SMARTS) is 1. The van der Waals surface area contributed by atoms with Crippen LogP contribution >= 0.6 is 0 Å². The van der Waals surface area contributed by atoms with E-state index in [-0.39, 0.29) is 6.04 Å². The molecule has 0 radical (unpaired) electrons.